The standard InChI is InChI=1S/C21H22N2O2S/c24-20(13-26-19-11-6-14-2-1-3-16(14)12-19)22-17-7-9-18(10-8-17)23-21(25)15-4-5-15/h6-12,15H,1-5,13H2,(H,22,24)(H,23,25). The van der Waals surface area contributed by atoms with Crippen molar-refractivity contribution in [2.45, 2.75) is 37.0 Å². The molecule has 0 saturated heterocycles. The molecule has 1 saturated carbocycles. The number of aryl methyl sites for hydroxylation is 2. The van der Waals surface area contributed by atoms with Crippen molar-refractivity contribution < 1.29 is 9.59 Å². The largest absolute Gasteiger partial charge is 0.326 e. The summed E-state index contributed by atoms with van der Waals surface area (Å²) >= 11 is 1.57. The fourth-order valence-electron chi connectivity index (χ4n) is 3.21. The maximum atomic E-state index is 12.2. The van der Waals surface area contributed by atoms with Crippen LogP contribution in [-0.4, -0.2) is 17.6 Å². The van der Waals surface area contributed by atoms with Crippen LogP contribution in [0.5, 0.6) is 0 Å². The molecule has 0 spiro atoms. The lowest BCUT2D eigenvalue weighted by Crippen LogP contribution is -2.15. The van der Waals surface area contributed by atoms with Crippen molar-refractivity contribution in [3.63, 3.8) is 0 Å². The van der Waals surface area contributed by atoms with Crippen molar-refractivity contribution in [3.8, 4) is 0 Å². The molecule has 4 rings (SSSR count). The van der Waals surface area contributed by atoms with Gasteiger partial charge in [0.15, 0.2) is 0 Å². The zero-order valence-corrected chi connectivity index (χ0v) is 15.4. The Morgan fingerprint density at radius 1 is 0.923 bits per heavy atom. The topological polar surface area (TPSA) is 58.2 Å². The van der Waals surface area contributed by atoms with E-state index in [1.807, 2.05) is 24.3 Å². The van der Waals surface area contributed by atoms with Crippen LogP contribution in [0, 0.1) is 5.92 Å². The maximum absolute atomic E-state index is 12.2. The molecule has 0 heterocycles. The molecular weight excluding hydrogens is 344 g/mol. The van der Waals surface area contributed by atoms with Gasteiger partial charge in [-0.05, 0) is 79.6 Å². The zero-order valence-electron chi connectivity index (χ0n) is 14.6. The van der Waals surface area contributed by atoms with Gasteiger partial charge in [0.2, 0.25) is 11.8 Å². The van der Waals surface area contributed by atoms with Crippen LogP contribution in [0.1, 0.15) is 30.4 Å². The van der Waals surface area contributed by atoms with E-state index >= 15 is 0 Å². The third kappa shape index (κ3) is 4.28. The number of thioether (sulfide) groups is 1. The van der Waals surface area contributed by atoms with Crippen LogP contribution in [-0.2, 0) is 22.4 Å². The second-order valence-corrected chi connectivity index (χ2v) is 8.01. The van der Waals surface area contributed by atoms with Crippen molar-refractivity contribution in [1.29, 1.82) is 0 Å². The monoisotopic (exact) mass is 366 g/mol. The van der Waals surface area contributed by atoms with Crippen molar-refractivity contribution >= 4 is 35.0 Å². The van der Waals surface area contributed by atoms with E-state index in [2.05, 4.69) is 28.8 Å². The molecule has 0 radical (unpaired) electrons. The first kappa shape index (κ1) is 17.2. The lowest BCUT2D eigenvalue weighted by molar-refractivity contribution is -0.117. The Morgan fingerprint density at radius 2 is 1.62 bits per heavy atom. The normalized spacial score (nSPS) is 15.4. The number of hydrogen-bond donors (Lipinski definition) is 2. The van der Waals surface area contributed by atoms with E-state index in [1.54, 1.807) is 11.8 Å². The summed E-state index contributed by atoms with van der Waals surface area (Å²) in [6.45, 7) is 0. The molecule has 2 aliphatic rings. The van der Waals surface area contributed by atoms with Crippen LogP contribution in [0.3, 0.4) is 0 Å². The lowest BCUT2D eigenvalue weighted by atomic mass is 10.1. The summed E-state index contributed by atoms with van der Waals surface area (Å²) in [6, 6.07) is 13.8. The van der Waals surface area contributed by atoms with E-state index < -0.39 is 0 Å². The Kier molecular flexibility index (Phi) is 4.98. The number of hydrogen-bond acceptors (Lipinski definition) is 3. The highest BCUT2D eigenvalue weighted by Crippen LogP contribution is 2.30. The molecule has 0 unspecified atom stereocenters. The van der Waals surface area contributed by atoms with E-state index in [0.29, 0.717) is 5.75 Å². The highest BCUT2D eigenvalue weighted by atomic mass is 32.2. The van der Waals surface area contributed by atoms with Gasteiger partial charge >= 0.3 is 0 Å². The van der Waals surface area contributed by atoms with Gasteiger partial charge in [0.05, 0.1) is 5.75 Å². The first-order valence-corrected chi connectivity index (χ1v) is 10.1. The molecule has 2 aromatic carbocycles. The van der Waals surface area contributed by atoms with E-state index in [4.69, 9.17) is 0 Å². The second-order valence-electron chi connectivity index (χ2n) is 6.96. The van der Waals surface area contributed by atoms with E-state index in [0.717, 1.165) is 35.5 Å². The van der Waals surface area contributed by atoms with Crippen molar-refractivity contribution in [1.82, 2.24) is 0 Å². The number of anilines is 2. The average Bonchev–Trinajstić information content (AvgIpc) is 3.40. The van der Waals surface area contributed by atoms with Crippen molar-refractivity contribution in [2.24, 2.45) is 5.92 Å². The van der Waals surface area contributed by atoms with Gasteiger partial charge in [-0.25, -0.2) is 0 Å². The Bertz CT molecular complexity index is 828. The van der Waals surface area contributed by atoms with E-state index in [1.165, 1.54) is 24.0 Å². The number of carbonyl (C=O) groups excluding carboxylic acids is 2. The molecule has 26 heavy (non-hydrogen) atoms. The molecule has 2 amide bonds. The van der Waals surface area contributed by atoms with E-state index in [-0.39, 0.29) is 17.7 Å². The summed E-state index contributed by atoms with van der Waals surface area (Å²) in [7, 11) is 0. The Morgan fingerprint density at radius 3 is 2.35 bits per heavy atom. The number of amides is 2. The van der Waals surface area contributed by atoms with Gasteiger partial charge in [0, 0.05) is 22.2 Å². The SMILES string of the molecule is O=C(CSc1ccc2c(c1)CCC2)Nc1ccc(NC(=O)C2CC2)cc1. The predicted molar refractivity (Wildman–Crippen MR) is 106 cm³/mol. The molecule has 1 fully saturated rings. The summed E-state index contributed by atoms with van der Waals surface area (Å²) < 4.78 is 0. The zero-order chi connectivity index (χ0) is 17.9. The summed E-state index contributed by atoms with van der Waals surface area (Å²) in [5.41, 5.74) is 4.40. The number of nitrogens with one attached hydrogen (secondary N) is 2. The van der Waals surface area contributed by atoms with Gasteiger partial charge in [0.25, 0.3) is 0 Å². The third-order valence-electron chi connectivity index (χ3n) is 4.82. The van der Waals surface area contributed by atoms with Crippen LogP contribution in [0.2, 0.25) is 0 Å². The van der Waals surface area contributed by atoms with Crippen molar-refractivity contribution in [3.05, 3.63) is 53.6 Å². The van der Waals surface area contributed by atoms with Gasteiger partial charge in [-0.1, -0.05) is 6.07 Å². The predicted octanol–water partition coefficient (Wildman–Crippen LogP) is 4.25. The molecular formula is C21H22N2O2S. The van der Waals surface area contributed by atoms with Crippen molar-refractivity contribution in [2.75, 3.05) is 16.4 Å². The second kappa shape index (κ2) is 7.54. The van der Waals surface area contributed by atoms with Gasteiger partial charge in [0.1, 0.15) is 0 Å². The van der Waals surface area contributed by atoms with Crippen LogP contribution in [0.15, 0.2) is 47.4 Å². The highest BCUT2D eigenvalue weighted by molar-refractivity contribution is 8.00. The number of rotatable bonds is 6. The number of benzene rings is 2. The molecule has 2 N–H and O–H groups in total. The summed E-state index contributed by atoms with van der Waals surface area (Å²) in [4.78, 5) is 25.1. The minimum absolute atomic E-state index is 0.0229. The van der Waals surface area contributed by atoms with Crippen LogP contribution < -0.4 is 10.6 Å². The summed E-state index contributed by atoms with van der Waals surface area (Å²) in [6.07, 6.45) is 5.54. The lowest BCUT2D eigenvalue weighted by Gasteiger charge is -2.08. The fourth-order valence-corrected chi connectivity index (χ4v) is 3.97. The summed E-state index contributed by atoms with van der Waals surface area (Å²) in [5, 5.41) is 5.80. The first-order valence-electron chi connectivity index (χ1n) is 9.13. The van der Waals surface area contributed by atoms with Gasteiger partial charge in [-0.15, -0.1) is 11.8 Å². The van der Waals surface area contributed by atoms with Crippen LogP contribution in [0.25, 0.3) is 0 Å². The minimum atomic E-state index is -0.0229. The molecule has 0 atom stereocenters. The molecule has 0 aliphatic heterocycles. The molecule has 134 valence electrons. The van der Waals surface area contributed by atoms with Gasteiger partial charge in [-0.2, -0.15) is 0 Å². The Hall–Kier alpha value is -2.27. The fraction of sp³-hybridized carbons (Fsp3) is 0.333. The van der Waals surface area contributed by atoms with Crippen LogP contribution in [0.4, 0.5) is 11.4 Å². The quantitative estimate of drug-likeness (QED) is 0.751. The molecule has 4 nitrogen and oxygen atoms in total. The molecule has 2 aromatic rings. The summed E-state index contributed by atoms with van der Waals surface area (Å²) in [5.74, 6) is 0.641. The Labute approximate surface area is 157 Å². The average molecular weight is 366 g/mol. The number of fused-ring (bicyclic) bond motifs is 1. The minimum Gasteiger partial charge on any atom is -0.326 e. The van der Waals surface area contributed by atoms with Gasteiger partial charge in [-0.3, -0.25) is 9.59 Å². The highest BCUT2D eigenvalue weighted by Gasteiger charge is 2.29. The Balaban J connectivity index is 1.27. The molecule has 0 bridgehead atoms. The molecule has 2 aliphatic carbocycles. The number of carbonyl (C=O) groups is 2. The van der Waals surface area contributed by atoms with Crippen LogP contribution >= 0.6 is 11.8 Å². The maximum Gasteiger partial charge on any atom is 0.234 e. The van der Waals surface area contributed by atoms with E-state index in [9.17, 15) is 9.59 Å². The molecule has 5 heteroatoms. The smallest absolute Gasteiger partial charge is 0.234 e. The molecule has 0 aromatic heterocycles. The third-order valence-corrected chi connectivity index (χ3v) is 5.82. The van der Waals surface area contributed by atoms with Gasteiger partial charge < -0.3 is 10.6 Å². The first-order chi connectivity index (χ1) is 12.7.